The molecule has 18 heavy (non-hydrogen) atoms. The zero-order valence-corrected chi connectivity index (χ0v) is 12.3. The summed E-state index contributed by atoms with van der Waals surface area (Å²) in [7, 11) is -3.47. The average Bonchev–Trinajstić information content (AvgIpc) is 2.78. The Bertz CT molecular complexity index is 514. The maximum Gasteiger partial charge on any atom is 0.250 e. The highest BCUT2D eigenvalue weighted by Gasteiger charge is 2.19. The molecule has 0 aliphatic rings. The first-order chi connectivity index (χ1) is 8.49. The number of hydrogen-bond acceptors (Lipinski definition) is 4. The minimum atomic E-state index is -3.47. The van der Waals surface area contributed by atoms with Gasteiger partial charge < -0.3 is 0 Å². The van der Waals surface area contributed by atoms with Crippen molar-refractivity contribution in [2.24, 2.45) is 0 Å². The topological polar surface area (TPSA) is 70.0 Å². The highest BCUT2D eigenvalue weighted by atomic mass is 32.2. The second kappa shape index (κ2) is 6.88. The highest BCUT2D eigenvalue weighted by molar-refractivity contribution is 7.91. The van der Waals surface area contributed by atoms with E-state index in [-0.39, 0.29) is 10.3 Å². The van der Waals surface area contributed by atoms with Gasteiger partial charge in [0.05, 0.1) is 0 Å². The second-order valence-electron chi connectivity index (χ2n) is 4.25. The molecule has 0 saturated heterocycles. The fourth-order valence-corrected chi connectivity index (χ4v) is 4.01. The summed E-state index contributed by atoms with van der Waals surface area (Å²) in [6.45, 7) is 3.98. The molecule has 0 bridgehead atoms. The van der Waals surface area contributed by atoms with Gasteiger partial charge in [-0.05, 0) is 25.5 Å². The van der Waals surface area contributed by atoms with Crippen LogP contribution >= 0.6 is 11.3 Å². The van der Waals surface area contributed by atoms with Crippen LogP contribution in [0.5, 0.6) is 0 Å². The predicted octanol–water partition coefficient (Wildman–Crippen LogP) is 2.87. The van der Waals surface area contributed by atoms with Crippen LogP contribution in [-0.2, 0) is 10.0 Å². The van der Waals surface area contributed by atoms with Gasteiger partial charge in [-0.2, -0.15) is 5.26 Å². The summed E-state index contributed by atoms with van der Waals surface area (Å²) in [6, 6.07) is 4.87. The molecule has 0 aliphatic heterocycles. The second-order valence-corrected chi connectivity index (χ2v) is 7.27. The Hall–Kier alpha value is -0.900. The van der Waals surface area contributed by atoms with Crippen LogP contribution in [0, 0.1) is 11.3 Å². The molecule has 4 nitrogen and oxygen atoms in total. The van der Waals surface area contributed by atoms with Gasteiger partial charge in [-0.15, -0.1) is 11.3 Å². The number of unbranched alkanes of at least 4 members (excludes halogenated alkanes) is 2. The van der Waals surface area contributed by atoms with Crippen LogP contribution in [0.15, 0.2) is 16.3 Å². The van der Waals surface area contributed by atoms with Gasteiger partial charge in [0.2, 0.25) is 10.0 Å². The van der Waals surface area contributed by atoms with E-state index in [0.29, 0.717) is 4.88 Å². The van der Waals surface area contributed by atoms with Crippen molar-refractivity contribution in [3.05, 3.63) is 17.0 Å². The predicted molar refractivity (Wildman–Crippen MR) is 73.0 cm³/mol. The average molecular weight is 286 g/mol. The van der Waals surface area contributed by atoms with Crippen molar-refractivity contribution in [3.8, 4) is 6.07 Å². The molecule has 0 saturated carbocycles. The highest BCUT2D eigenvalue weighted by Crippen LogP contribution is 2.21. The molecule has 1 aromatic heterocycles. The zero-order chi connectivity index (χ0) is 13.6. The minimum absolute atomic E-state index is 0.0748. The monoisotopic (exact) mass is 286 g/mol. The van der Waals surface area contributed by atoms with Crippen molar-refractivity contribution in [2.75, 3.05) is 0 Å². The van der Waals surface area contributed by atoms with Crippen LogP contribution in [0.2, 0.25) is 0 Å². The van der Waals surface area contributed by atoms with Gasteiger partial charge >= 0.3 is 0 Å². The molecule has 1 atom stereocenters. The number of rotatable bonds is 7. The van der Waals surface area contributed by atoms with Gasteiger partial charge in [0.1, 0.15) is 15.2 Å². The van der Waals surface area contributed by atoms with Gasteiger partial charge in [-0.1, -0.05) is 26.2 Å². The van der Waals surface area contributed by atoms with E-state index >= 15 is 0 Å². The zero-order valence-electron chi connectivity index (χ0n) is 10.6. The van der Waals surface area contributed by atoms with Gasteiger partial charge in [-0.25, -0.2) is 13.1 Å². The summed E-state index contributed by atoms with van der Waals surface area (Å²) in [5, 5.41) is 8.69. The first kappa shape index (κ1) is 15.2. The van der Waals surface area contributed by atoms with Crippen LogP contribution in [0.4, 0.5) is 0 Å². The van der Waals surface area contributed by atoms with Crippen molar-refractivity contribution in [3.63, 3.8) is 0 Å². The number of thiophene rings is 1. The van der Waals surface area contributed by atoms with E-state index in [4.69, 9.17) is 5.26 Å². The Morgan fingerprint density at radius 3 is 2.72 bits per heavy atom. The number of sulfonamides is 1. The van der Waals surface area contributed by atoms with Crippen molar-refractivity contribution in [1.29, 1.82) is 5.26 Å². The lowest BCUT2D eigenvalue weighted by Gasteiger charge is -2.12. The van der Waals surface area contributed by atoms with Gasteiger partial charge in [-0.3, -0.25) is 0 Å². The molecular formula is C12H18N2O2S2. The molecule has 1 rings (SSSR count). The Morgan fingerprint density at radius 1 is 1.44 bits per heavy atom. The maximum atomic E-state index is 12.0. The molecule has 0 fully saturated rings. The Balaban J connectivity index is 2.62. The molecule has 0 aliphatic carbocycles. The SMILES string of the molecule is CCCCCC(C)NS(=O)(=O)c1ccc(C#N)s1. The van der Waals surface area contributed by atoms with E-state index in [0.717, 1.165) is 37.0 Å². The summed E-state index contributed by atoms with van der Waals surface area (Å²) in [4.78, 5) is 0.411. The fourth-order valence-electron chi connectivity index (χ4n) is 1.61. The number of nitrogens with one attached hydrogen (secondary N) is 1. The molecule has 1 aromatic rings. The van der Waals surface area contributed by atoms with E-state index in [9.17, 15) is 8.42 Å². The maximum absolute atomic E-state index is 12.0. The lowest BCUT2D eigenvalue weighted by Crippen LogP contribution is -2.32. The summed E-state index contributed by atoms with van der Waals surface area (Å²) in [5.41, 5.74) is 0. The molecule has 0 aromatic carbocycles. The minimum Gasteiger partial charge on any atom is -0.208 e. The van der Waals surface area contributed by atoms with Crippen LogP contribution in [0.1, 0.15) is 44.4 Å². The van der Waals surface area contributed by atoms with Crippen LogP contribution < -0.4 is 4.72 Å². The van der Waals surface area contributed by atoms with Crippen LogP contribution in [-0.4, -0.2) is 14.5 Å². The molecular weight excluding hydrogens is 268 g/mol. The van der Waals surface area contributed by atoms with Crippen LogP contribution in [0.25, 0.3) is 0 Å². The number of nitrogens with zero attached hydrogens (tertiary/aromatic N) is 1. The Labute approximate surface area is 113 Å². The molecule has 1 N–H and O–H groups in total. The van der Waals surface area contributed by atoms with E-state index in [1.165, 1.54) is 12.1 Å². The van der Waals surface area contributed by atoms with Crippen molar-refractivity contribution >= 4 is 21.4 Å². The van der Waals surface area contributed by atoms with E-state index in [1.54, 1.807) is 0 Å². The smallest absolute Gasteiger partial charge is 0.208 e. The standard InChI is InChI=1S/C12H18N2O2S2/c1-3-4-5-6-10(2)14-18(15,16)12-8-7-11(9-13)17-12/h7-8,10,14H,3-6H2,1-2H3. The normalized spacial score (nSPS) is 13.2. The molecule has 0 amide bonds. The summed E-state index contributed by atoms with van der Waals surface area (Å²) in [5.74, 6) is 0. The Kier molecular flexibility index (Phi) is 5.79. The third kappa shape index (κ3) is 4.41. The number of hydrogen-bond donors (Lipinski definition) is 1. The Morgan fingerprint density at radius 2 is 2.17 bits per heavy atom. The van der Waals surface area contributed by atoms with E-state index in [1.807, 2.05) is 13.0 Å². The molecule has 0 spiro atoms. The lowest BCUT2D eigenvalue weighted by atomic mass is 10.1. The van der Waals surface area contributed by atoms with Crippen LogP contribution in [0.3, 0.4) is 0 Å². The van der Waals surface area contributed by atoms with Gasteiger partial charge in [0, 0.05) is 6.04 Å². The third-order valence-corrected chi connectivity index (χ3v) is 5.62. The largest absolute Gasteiger partial charge is 0.250 e. The number of nitriles is 1. The van der Waals surface area contributed by atoms with Crippen molar-refractivity contribution in [1.82, 2.24) is 4.72 Å². The first-order valence-corrected chi connectivity index (χ1v) is 8.32. The summed E-state index contributed by atoms with van der Waals surface area (Å²) in [6.07, 6.45) is 4.09. The summed E-state index contributed by atoms with van der Waals surface area (Å²) >= 11 is 0.999. The molecule has 1 unspecified atom stereocenters. The summed E-state index contributed by atoms with van der Waals surface area (Å²) < 4.78 is 26.8. The first-order valence-electron chi connectivity index (χ1n) is 6.02. The molecule has 100 valence electrons. The van der Waals surface area contributed by atoms with E-state index < -0.39 is 10.0 Å². The lowest BCUT2D eigenvalue weighted by molar-refractivity contribution is 0.528. The molecule has 0 radical (unpaired) electrons. The van der Waals surface area contributed by atoms with Crippen molar-refractivity contribution < 1.29 is 8.42 Å². The van der Waals surface area contributed by atoms with Gasteiger partial charge in [0.15, 0.2) is 0 Å². The third-order valence-electron chi connectivity index (χ3n) is 2.55. The quantitative estimate of drug-likeness (QED) is 0.783. The van der Waals surface area contributed by atoms with Crippen molar-refractivity contribution in [2.45, 2.75) is 49.8 Å². The van der Waals surface area contributed by atoms with Gasteiger partial charge in [0.25, 0.3) is 0 Å². The molecule has 6 heteroatoms. The molecule has 1 heterocycles. The fraction of sp³-hybridized carbons (Fsp3) is 0.583. The van der Waals surface area contributed by atoms with E-state index in [2.05, 4.69) is 11.6 Å².